The summed E-state index contributed by atoms with van der Waals surface area (Å²) in [5.41, 5.74) is -0.115. The quantitative estimate of drug-likeness (QED) is 0.774. The molecule has 3 fully saturated rings. The molecule has 1 unspecified atom stereocenters. The van der Waals surface area contributed by atoms with E-state index in [1.807, 2.05) is 11.8 Å². The lowest BCUT2D eigenvalue weighted by atomic mass is 9.80. The number of hydrogen-bond acceptors (Lipinski definition) is 4. The maximum absolute atomic E-state index is 12.4. The average Bonchev–Trinajstić information content (AvgIpc) is 2.87. The summed E-state index contributed by atoms with van der Waals surface area (Å²) in [5, 5.41) is 0. The first-order chi connectivity index (χ1) is 9.75. The molecular weight excluding hydrogens is 258 g/mol. The van der Waals surface area contributed by atoms with E-state index < -0.39 is 0 Å². The van der Waals surface area contributed by atoms with E-state index in [2.05, 4.69) is 0 Å². The van der Waals surface area contributed by atoms with Gasteiger partial charge >= 0.3 is 0 Å². The van der Waals surface area contributed by atoms with E-state index in [-0.39, 0.29) is 11.5 Å². The Morgan fingerprint density at radius 1 is 1.25 bits per heavy atom. The van der Waals surface area contributed by atoms with E-state index in [9.17, 15) is 4.79 Å². The van der Waals surface area contributed by atoms with E-state index in [1.165, 1.54) is 0 Å². The fourth-order valence-corrected chi connectivity index (χ4v) is 3.59. The lowest BCUT2D eigenvalue weighted by Gasteiger charge is -2.51. The lowest BCUT2D eigenvalue weighted by Crippen LogP contribution is -2.67. The van der Waals surface area contributed by atoms with Crippen molar-refractivity contribution in [3.05, 3.63) is 0 Å². The van der Waals surface area contributed by atoms with Crippen molar-refractivity contribution < 1.29 is 19.0 Å². The zero-order valence-electron chi connectivity index (χ0n) is 12.3. The summed E-state index contributed by atoms with van der Waals surface area (Å²) in [7, 11) is 0. The number of carbonyl (C=O) groups excluding carboxylic acids is 1. The second-order valence-corrected chi connectivity index (χ2v) is 6.14. The van der Waals surface area contributed by atoms with Crippen LogP contribution in [0.25, 0.3) is 0 Å². The maximum Gasteiger partial charge on any atom is 0.226 e. The van der Waals surface area contributed by atoms with Crippen LogP contribution in [0.5, 0.6) is 0 Å². The largest absolute Gasteiger partial charge is 0.381 e. The zero-order valence-corrected chi connectivity index (χ0v) is 12.3. The van der Waals surface area contributed by atoms with E-state index >= 15 is 0 Å². The third-order valence-corrected chi connectivity index (χ3v) is 4.92. The van der Waals surface area contributed by atoms with Crippen molar-refractivity contribution in [3.8, 4) is 0 Å². The molecule has 0 aliphatic carbocycles. The molecule has 3 aliphatic heterocycles. The Morgan fingerprint density at radius 3 is 2.70 bits per heavy atom. The molecule has 1 atom stereocenters. The molecule has 5 heteroatoms. The van der Waals surface area contributed by atoms with Crippen LogP contribution in [0.15, 0.2) is 0 Å². The Labute approximate surface area is 120 Å². The molecule has 3 rings (SSSR count). The van der Waals surface area contributed by atoms with Gasteiger partial charge in [-0.25, -0.2) is 0 Å². The molecule has 0 radical (unpaired) electrons. The van der Waals surface area contributed by atoms with Gasteiger partial charge < -0.3 is 19.1 Å². The van der Waals surface area contributed by atoms with Gasteiger partial charge in [0.05, 0.1) is 19.7 Å². The van der Waals surface area contributed by atoms with Gasteiger partial charge in [-0.3, -0.25) is 4.79 Å². The predicted octanol–water partition coefficient (Wildman–Crippen LogP) is 1.07. The summed E-state index contributed by atoms with van der Waals surface area (Å²) >= 11 is 0. The van der Waals surface area contributed by atoms with Crippen molar-refractivity contribution >= 4 is 5.91 Å². The van der Waals surface area contributed by atoms with Gasteiger partial charge in [-0.05, 0) is 26.2 Å². The molecule has 1 spiro atoms. The number of hydrogen-bond donors (Lipinski definition) is 0. The second kappa shape index (κ2) is 6.00. The summed E-state index contributed by atoms with van der Waals surface area (Å²) in [6.45, 7) is 7.27. The van der Waals surface area contributed by atoms with Crippen LogP contribution in [0, 0.1) is 11.8 Å². The minimum Gasteiger partial charge on any atom is -0.381 e. The van der Waals surface area contributed by atoms with Gasteiger partial charge in [0.2, 0.25) is 5.91 Å². The van der Waals surface area contributed by atoms with Crippen molar-refractivity contribution in [3.63, 3.8) is 0 Å². The van der Waals surface area contributed by atoms with Crippen LogP contribution in [-0.2, 0) is 19.0 Å². The molecule has 0 N–H and O–H groups in total. The first-order valence-corrected chi connectivity index (χ1v) is 7.83. The number of nitrogens with zero attached hydrogens (tertiary/aromatic N) is 1. The van der Waals surface area contributed by atoms with Crippen molar-refractivity contribution in [1.29, 1.82) is 0 Å². The first-order valence-electron chi connectivity index (χ1n) is 7.83. The molecule has 3 heterocycles. The van der Waals surface area contributed by atoms with Crippen LogP contribution in [0.4, 0.5) is 0 Å². The third kappa shape index (κ3) is 2.59. The van der Waals surface area contributed by atoms with Crippen molar-refractivity contribution in [2.24, 2.45) is 11.8 Å². The fraction of sp³-hybridized carbons (Fsp3) is 0.933. The molecule has 3 aliphatic rings. The molecule has 114 valence electrons. The standard InChI is InChI=1S/C15H25NO4/c1-2-18-9-13-5-8-20-15(13)10-16(11-15)14(17)12-3-6-19-7-4-12/h12-13H,2-11H2,1H3. The SMILES string of the molecule is CCOCC1CCOC12CN(C(=O)C1CCOCC1)C2. The normalized spacial score (nSPS) is 29.6. The highest BCUT2D eigenvalue weighted by molar-refractivity contribution is 5.80. The van der Waals surface area contributed by atoms with Gasteiger partial charge in [-0.1, -0.05) is 0 Å². The van der Waals surface area contributed by atoms with Crippen molar-refractivity contribution in [1.82, 2.24) is 4.90 Å². The van der Waals surface area contributed by atoms with E-state index in [1.54, 1.807) is 0 Å². The Balaban J connectivity index is 1.52. The molecule has 0 aromatic rings. The van der Waals surface area contributed by atoms with Crippen molar-refractivity contribution in [2.45, 2.75) is 31.8 Å². The van der Waals surface area contributed by atoms with Crippen LogP contribution >= 0.6 is 0 Å². The molecule has 0 aromatic heterocycles. The monoisotopic (exact) mass is 283 g/mol. The van der Waals surface area contributed by atoms with Crippen LogP contribution in [0.1, 0.15) is 26.2 Å². The second-order valence-electron chi connectivity index (χ2n) is 6.14. The highest BCUT2D eigenvalue weighted by Crippen LogP contribution is 2.41. The number of ether oxygens (including phenoxy) is 3. The summed E-state index contributed by atoms with van der Waals surface area (Å²) in [6.07, 6.45) is 2.79. The smallest absolute Gasteiger partial charge is 0.226 e. The number of rotatable bonds is 4. The molecule has 20 heavy (non-hydrogen) atoms. The summed E-state index contributed by atoms with van der Waals surface area (Å²) < 4.78 is 16.8. The molecule has 0 saturated carbocycles. The minimum absolute atomic E-state index is 0.115. The third-order valence-electron chi connectivity index (χ3n) is 4.92. The van der Waals surface area contributed by atoms with Crippen molar-refractivity contribution in [2.75, 3.05) is 46.1 Å². The summed E-state index contributed by atoms with van der Waals surface area (Å²) in [4.78, 5) is 14.4. The number of likely N-dealkylation sites (tertiary alicyclic amines) is 1. The highest BCUT2D eigenvalue weighted by atomic mass is 16.5. The number of amides is 1. The van der Waals surface area contributed by atoms with Crippen LogP contribution < -0.4 is 0 Å². The van der Waals surface area contributed by atoms with Gasteiger partial charge in [0, 0.05) is 38.3 Å². The van der Waals surface area contributed by atoms with Crippen LogP contribution in [0.2, 0.25) is 0 Å². The molecule has 0 aromatic carbocycles. The Kier molecular flexibility index (Phi) is 4.29. The Bertz CT molecular complexity index is 348. The van der Waals surface area contributed by atoms with Crippen LogP contribution in [0.3, 0.4) is 0 Å². The summed E-state index contributed by atoms with van der Waals surface area (Å²) in [5.74, 6) is 0.901. The van der Waals surface area contributed by atoms with E-state index in [4.69, 9.17) is 14.2 Å². The molecule has 1 amide bonds. The van der Waals surface area contributed by atoms with Gasteiger partial charge in [0.25, 0.3) is 0 Å². The zero-order chi connectivity index (χ0) is 14.0. The van der Waals surface area contributed by atoms with Gasteiger partial charge in [-0.2, -0.15) is 0 Å². The van der Waals surface area contributed by atoms with Gasteiger partial charge in [-0.15, -0.1) is 0 Å². The average molecular weight is 283 g/mol. The molecule has 0 bridgehead atoms. The van der Waals surface area contributed by atoms with Crippen LogP contribution in [-0.4, -0.2) is 62.5 Å². The maximum atomic E-state index is 12.4. The highest BCUT2D eigenvalue weighted by Gasteiger charge is 2.55. The fourth-order valence-electron chi connectivity index (χ4n) is 3.59. The van der Waals surface area contributed by atoms with Gasteiger partial charge in [0.15, 0.2) is 0 Å². The minimum atomic E-state index is -0.115. The molecular formula is C15H25NO4. The topological polar surface area (TPSA) is 48.0 Å². The van der Waals surface area contributed by atoms with Gasteiger partial charge in [0.1, 0.15) is 5.60 Å². The van der Waals surface area contributed by atoms with E-state index in [0.717, 1.165) is 65.4 Å². The molecule has 5 nitrogen and oxygen atoms in total. The number of carbonyl (C=O) groups is 1. The first kappa shape index (κ1) is 14.3. The molecule has 3 saturated heterocycles. The predicted molar refractivity (Wildman–Crippen MR) is 73.4 cm³/mol. The summed E-state index contributed by atoms with van der Waals surface area (Å²) in [6, 6.07) is 0. The van der Waals surface area contributed by atoms with E-state index in [0.29, 0.717) is 11.8 Å². The Hall–Kier alpha value is -0.650. The lowest BCUT2D eigenvalue weighted by molar-refractivity contribution is -0.174. The Morgan fingerprint density at radius 2 is 2.00 bits per heavy atom.